The number of fused-ring (bicyclic) bond motifs is 1. The molecule has 3 unspecified atom stereocenters. The Morgan fingerprint density at radius 3 is 2.70 bits per heavy atom. The number of thioether (sulfide) groups is 1. The topological polar surface area (TPSA) is 87.1 Å². The van der Waals surface area contributed by atoms with Crippen molar-refractivity contribution >= 4 is 62.8 Å². The maximum Gasteiger partial charge on any atom is 0.310 e. The maximum atomic E-state index is 14.8. The summed E-state index contributed by atoms with van der Waals surface area (Å²) in [7, 11) is 0. The first-order valence-electron chi connectivity index (χ1n) is 13.8. The second-order valence-corrected chi connectivity index (χ2v) is 14.1. The minimum atomic E-state index is -0.909. The van der Waals surface area contributed by atoms with Crippen molar-refractivity contribution in [2.24, 2.45) is 17.8 Å². The van der Waals surface area contributed by atoms with Crippen LogP contribution in [-0.2, 0) is 19.1 Å². The number of ether oxygens (including phenoxy) is 1. The third-order valence-corrected chi connectivity index (χ3v) is 12.2. The number of para-hydroxylation sites is 1. The van der Waals surface area contributed by atoms with Crippen LogP contribution in [0, 0.1) is 24.7 Å². The number of benzene rings is 1. The molecule has 3 aliphatic rings. The zero-order valence-corrected chi connectivity index (χ0v) is 26.4. The molecule has 3 aliphatic heterocycles. The smallest absolute Gasteiger partial charge is 0.310 e. The van der Waals surface area contributed by atoms with Gasteiger partial charge in [-0.3, -0.25) is 14.4 Å². The molecule has 0 aliphatic carbocycles. The standard InChI is InChI=1S/C30H38BrClN2O5S/c1-6-9-14-39-29(38)22-23-27(36)34(21(16-35)17(4)8-3)26(30(23)15-19(31)25(22)40-30)28(37)33(13-7-2)24-18(5)11-10-12-20(24)32/h6-7,10-12,17,19,21-23,25-26,35H,1-2,8-9,13-16H2,3-5H3/t17-,19?,21-,22-,23-,25-,26?,30?/m0/s1. The number of anilines is 1. The molecule has 1 N–H and O–H groups in total. The Morgan fingerprint density at radius 2 is 2.10 bits per heavy atom. The van der Waals surface area contributed by atoms with E-state index in [9.17, 15) is 19.5 Å². The van der Waals surface area contributed by atoms with Crippen LogP contribution in [0.1, 0.15) is 38.7 Å². The molecule has 0 saturated carbocycles. The molecular weight excluding hydrogens is 616 g/mol. The average molecular weight is 654 g/mol. The SMILES string of the molecule is C=CCCOC(=O)[C@H]1[C@H]2C(=O)N([C@@H](CO)[C@@H](C)CC)C(C(=O)N(CC=C)c3c(C)cccc3Cl)C23CC(Br)[C@@H]1S3. The normalized spacial score (nSPS) is 30.1. The van der Waals surface area contributed by atoms with Gasteiger partial charge in [0.1, 0.15) is 6.04 Å². The van der Waals surface area contributed by atoms with Gasteiger partial charge in [0, 0.05) is 16.6 Å². The number of carbonyl (C=O) groups is 3. The van der Waals surface area contributed by atoms with Crippen molar-refractivity contribution in [3.8, 4) is 0 Å². The summed E-state index contributed by atoms with van der Waals surface area (Å²) in [6.45, 7) is 13.5. The number of nitrogens with zero attached hydrogens (tertiary/aromatic N) is 2. The van der Waals surface area contributed by atoms with E-state index in [1.165, 1.54) is 0 Å². The van der Waals surface area contributed by atoms with Crippen LogP contribution in [0.5, 0.6) is 0 Å². The third-order valence-electron chi connectivity index (χ3n) is 8.68. The van der Waals surface area contributed by atoms with Crippen molar-refractivity contribution < 1.29 is 24.2 Å². The van der Waals surface area contributed by atoms with Gasteiger partial charge in [-0.1, -0.05) is 72.1 Å². The number of carbonyl (C=O) groups excluding carboxylic acids is 3. The fourth-order valence-electron chi connectivity index (χ4n) is 6.66. The molecule has 4 rings (SSSR count). The molecule has 0 aromatic heterocycles. The van der Waals surface area contributed by atoms with Gasteiger partial charge in [0.25, 0.3) is 5.91 Å². The van der Waals surface area contributed by atoms with Crippen molar-refractivity contribution in [1.82, 2.24) is 4.90 Å². The van der Waals surface area contributed by atoms with E-state index in [0.717, 1.165) is 5.56 Å². The lowest BCUT2D eigenvalue weighted by molar-refractivity contribution is -0.154. The highest BCUT2D eigenvalue weighted by Gasteiger charge is 2.77. The van der Waals surface area contributed by atoms with E-state index in [1.54, 1.807) is 39.8 Å². The van der Waals surface area contributed by atoms with Crippen molar-refractivity contribution in [1.29, 1.82) is 0 Å². The largest absolute Gasteiger partial charge is 0.465 e. The molecule has 218 valence electrons. The molecule has 1 spiro atoms. The fraction of sp³-hybridized carbons (Fsp3) is 0.567. The second kappa shape index (κ2) is 12.6. The van der Waals surface area contributed by atoms with Crippen LogP contribution < -0.4 is 4.90 Å². The van der Waals surface area contributed by atoms with E-state index in [2.05, 4.69) is 29.1 Å². The number of likely N-dealkylation sites (tertiary alicyclic amines) is 1. The zero-order chi connectivity index (χ0) is 29.4. The Hall–Kier alpha value is -1.81. The van der Waals surface area contributed by atoms with E-state index in [-0.39, 0.29) is 47.6 Å². The average Bonchev–Trinajstić information content (AvgIpc) is 3.51. The molecule has 2 amide bonds. The number of hydrogen-bond acceptors (Lipinski definition) is 6. The van der Waals surface area contributed by atoms with Crippen LogP contribution in [-0.4, -0.2) is 74.5 Å². The number of aryl methyl sites for hydroxylation is 1. The molecular formula is C30H38BrClN2O5S. The predicted molar refractivity (Wildman–Crippen MR) is 164 cm³/mol. The molecule has 0 radical (unpaired) electrons. The van der Waals surface area contributed by atoms with Crippen LogP contribution in [0.25, 0.3) is 0 Å². The van der Waals surface area contributed by atoms with Gasteiger partial charge in [0.2, 0.25) is 5.91 Å². The number of amides is 2. The lowest BCUT2D eigenvalue weighted by atomic mass is 9.71. The molecule has 7 nitrogen and oxygen atoms in total. The number of esters is 1. The second-order valence-electron chi connectivity index (χ2n) is 10.9. The van der Waals surface area contributed by atoms with Crippen LogP contribution in [0.2, 0.25) is 5.02 Å². The number of rotatable bonds is 12. The summed E-state index contributed by atoms with van der Waals surface area (Å²) in [5.74, 6) is -2.50. The minimum Gasteiger partial charge on any atom is -0.465 e. The minimum absolute atomic E-state index is 0.0747. The Morgan fingerprint density at radius 1 is 1.38 bits per heavy atom. The van der Waals surface area contributed by atoms with Crippen LogP contribution in [0.3, 0.4) is 0 Å². The number of aliphatic hydroxyl groups excluding tert-OH is 1. The molecule has 10 heteroatoms. The van der Waals surface area contributed by atoms with Gasteiger partial charge in [-0.05, 0) is 37.3 Å². The first-order chi connectivity index (χ1) is 19.1. The highest BCUT2D eigenvalue weighted by molar-refractivity contribution is 9.09. The third kappa shape index (κ3) is 5.05. The number of hydrogen-bond donors (Lipinski definition) is 1. The predicted octanol–water partition coefficient (Wildman–Crippen LogP) is 5.16. The van der Waals surface area contributed by atoms with Crippen LogP contribution in [0.15, 0.2) is 43.5 Å². The van der Waals surface area contributed by atoms with Crippen molar-refractivity contribution in [3.05, 3.63) is 54.1 Å². The van der Waals surface area contributed by atoms with Crippen molar-refractivity contribution in [2.75, 3.05) is 24.7 Å². The Balaban J connectivity index is 1.86. The van der Waals surface area contributed by atoms with E-state index in [1.807, 2.05) is 32.9 Å². The maximum absolute atomic E-state index is 14.8. The monoisotopic (exact) mass is 652 g/mol. The van der Waals surface area contributed by atoms with Gasteiger partial charge in [-0.15, -0.1) is 24.9 Å². The first-order valence-corrected chi connectivity index (χ1v) is 16.0. The molecule has 3 fully saturated rings. The van der Waals surface area contributed by atoms with Gasteiger partial charge < -0.3 is 19.6 Å². The van der Waals surface area contributed by atoms with Gasteiger partial charge in [-0.25, -0.2) is 0 Å². The van der Waals surface area contributed by atoms with Gasteiger partial charge >= 0.3 is 5.97 Å². The lowest BCUT2D eigenvalue weighted by Crippen LogP contribution is -2.59. The number of alkyl halides is 1. The van der Waals surface area contributed by atoms with Crippen LogP contribution >= 0.6 is 39.3 Å². The molecule has 3 saturated heterocycles. The summed E-state index contributed by atoms with van der Waals surface area (Å²) in [6.07, 6.45) is 5.07. The summed E-state index contributed by atoms with van der Waals surface area (Å²) in [4.78, 5) is 45.9. The molecule has 2 bridgehead atoms. The van der Waals surface area contributed by atoms with Crippen molar-refractivity contribution in [2.45, 2.75) is 66.9 Å². The zero-order valence-electron chi connectivity index (χ0n) is 23.2. The number of halogens is 2. The summed E-state index contributed by atoms with van der Waals surface area (Å²) in [5.41, 5.74) is 1.39. The summed E-state index contributed by atoms with van der Waals surface area (Å²) < 4.78 is 4.73. The van der Waals surface area contributed by atoms with E-state index < -0.39 is 34.6 Å². The van der Waals surface area contributed by atoms with E-state index >= 15 is 0 Å². The highest BCUT2D eigenvalue weighted by Crippen LogP contribution is 2.68. The first kappa shape index (κ1) is 31.1. The number of aliphatic hydroxyl groups is 1. The van der Waals surface area contributed by atoms with Crippen molar-refractivity contribution in [3.63, 3.8) is 0 Å². The van der Waals surface area contributed by atoms with Gasteiger partial charge in [0.15, 0.2) is 0 Å². The Bertz CT molecular complexity index is 1160. The Labute approximate surface area is 254 Å². The molecule has 40 heavy (non-hydrogen) atoms. The van der Waals surface area contributed by atoms with E-state index in [4.69, 9.17) is 16.3 Å². The molecule has 1 aromatic rings. The van der Waals surface area contributed by atoms with E-state index in [0.29, 0.717) is 30.0 Å². The molecule has 8 atom stereocenters. The summed E-state index contributed by atoms with van der Waals surface area (Å²) in [6, 6.07) is 3.96. The molecule has 1 aromatic carbocycles. The van der Waals surface area contributed by atoms with Gasteiger partial charge in [0.05, 0.1) is 46.5 Å². The highest BCUT2D eigenvalue weighted by atomic mass is 79.9. The molecule has 3 heterocycles. The summed E-state index contributed by atoms with van der Waals surface area (Å²) >= 11 is 12.0. The fourth-order valence-corrected chi connectivity index (χ4v) is 10.6. The lowest BCUT2D eigenvalue weighted by Gasteiger charge is -2.41. The summed E-state index contributed by atoms with van der Waals surface area (Å²) in [5, 5.41) is 10.8. The van der Waals surface area contributed by atoms with Crippen LogP contribution in [0.4, 0.5) is 5.69 Å². The van der Waals surface area contributed by atoms with Gasteiger partial charge in [-0.2, -0.15) is 0 Å². The Kier molecular flexibility index (Phi) is 9.80. The quantitative estimate of drug-likeness (QED) is 0.145.